The first kappa shape index (κ1) is 38.6. The fraction of sp³-hybridized carbons (Fsp3) is 0.353. The lowest BCUT2D eigenvalue weighted by atomic mass is 10.0. The summed E-state index contributed by atoms with van der Waals surface area (Å²) in [5.74, 6) is -1.15. The van der Waals surface area contributed by atoms with Gasteiger partial charge in [-0.1, -0.05) is 47.6 Å². The van der Waals surface area contributed by atoms with Crippen molar-refractivity contribution in [2.45, 2.75) is 67.6 Å². The van der Waals surface area contributed by atoms with Gasteiger partial charge in [-0.05, 0) is 54.8 Å². The van der Waals surface area contributed by atoms with Gasteiger partial charge in [0.1, 0.15) is 11.1 Å². The molecule has 2 aromatic carbocycles. The molecule has 0 saturated carbocycles. The number of hydrogen-bond acceptors (Lipinski definition) is 8. The van der Waals surface area contributed by atoms with Crippen LogP contribution in [0.25, 0.3) is 10.9 Å². The normalized spacial score (nSPS) is 13.2. The van der Waals surface area contributed by atoms with Crippen molar-refractivity contribution in [3.8, 4) is 0 Å². The van der Waals surface area contributed by atoms with Gasteiger partial charge in [0.05, 0.1) is 29.6 Å². The van der Waals surface area contributed by atoms with Gasteiger partial charge < -0.3 is 32.0 Å². The van der Waals surface area contributed by atoms with Gasteiger partial charge in [0, 0.05) is 67.3 Å². The first-order valence-electron chi connectivity index (χ1n) is 15.8. The highest BCUT2D eigenvalue weighted by atomic mass is 35.5. The Morgan fingerprint density at radius 1 is 1.12 bits per heavy atom. The lowest BCUT2D eigenvalue weighted by molar-refractivity contribution is -0.139. The maximum atomic E-state index is 14.0. The van der Waals surface area contributed by atoms with Crippen molar-refractivity contribution in [1.82, 2.24) is 30.8 Å². The molecular weight excluding hydrogens is 691 g/mol. The van der Waals surface area contributed by atoms with Crippen molar-refractivity contribution >= 4 is 52.4 Å². The van der Waals surface area contributed by atoms with Gasteiger partial charge in [0.2, 0.25) is 11.8 Å². The lowest BCUT2D eigenvalue weighted by Gasteiger charge is -2.29. The topological polar surface area (TPSA) is 167 Å². The summed E-state index contributed by atoms with van der Waals surface area (Å²) in [5, 5.41) is 10.2. The van der Waals surface area contributed by atoms with E-state index >= 15 is 0 Å². The molecular formula is C34H41ClF3N9O2S. The van der Waals surface area contributed by atoms with E-state index in [2.05, 4.69) is 30.9 Å². The number of aliphatic imine (C=N–C) groups is 1. The number of aromatic amines is 1. The zero-order valence-electron chi connectivity index (χ0n) is 27.9. The molecule has 0 aliphatic carbocycles. The van der Waals surface area contributed by atoms with Crippen molar-refractivity contribution in [2.24, 2.45) is 16.5 Å². The van der Waals surface area contributed by atoms with E-state index in [-0.39, 0.29) is 36.1 Å². The number of benzene rings is 2. The molecule has 268 valence electrons. The van der Waals surface area contributed by atoms with E-state index < -0.39 is 35.6 Å². The summed E-state index contributed by atoms with van der Waals surface area (Å²) in [7, 11) is 1.45. The standard InChI is InChI=1S/C34H41ClF3N9O2S/c1-20(2)46-19-42-18-41-15-21-7-6-10-43-32(21)50-30-23(11-24(13-26(30)35)34(36,37)38)17-45-31(48)29(47(3)33(49)27(40)14-39)12-22-16-44-28-9-5-4-8-25(22)28/h4-11,13,16,19-20,27,29,41,44H,12,14-15,17-18,39-40H2,1-3H3,(H,42,46)(H,45,48)/t27-,29?/m0/s1. The van der Waals surface area contributed by atoms with E-state index in [1.54, 1.807) is 24.8 Å². The third-order valence-electron chi connectivity index (χ3n) is 7.74. The van der Waals surface area contributed by atoms with E-state index in [1.807, 2.05) is 44.2 Å². The van der Waals surface area contributed by atoms with Gasteiger partial charge in [0.25, 0.3) is 0 Å². The number of para-hydroxylation sites is 1. The number of amides is 2. The average molecular weight is 732 g/mol. The minimum atomic E-state index is -4.69. The Morgan fingerprint density at radius 2 is 1.88 bits per heavy atom. The zero-order chi connectivity index (χ0) is 36.4. The van der Waals surface area contributed by atoms with Gasteiger partial charge in [-0.3, -0.25) is 19.9 Å². The number of carbonyl (C=O) groups excluding carboxylic acids is 2. The number of pyridine rings is 1. The van der Waals surface area contributed by atoms with Crippen molar-refractivity contribution in [2.75, 3.05) is 20.3 Å². The Hall–Kier alpha value is -4.15. The van der Waals surface area contributed by atoms with Gasteiger partial charge in [-0.15, -0.1) is 0 Å². The van der Waals surface area contributed by atoms with Crippen molar-refractivity contribution in [3.05, 3.63) is 88.2 Å². The number of carbonyl (C=O) groups is 2. The number of alkyl halides is 3. The average Bonchev–Trinajstić information content (AvgIpc) is 3.50. The second-order valence-corrected chi connectivity index (χ2v) is 13.2. The molecule has 2 heterocycles. The molecule has 0 radical (unpaired) electrons. The van der Waals surface area contributed by atoms with Crippen LogP contribution in [0.2, 0.25) is 5.02 Å². The predicted molar refractivity (Wildman–Crippen MR) is 191 cm³/mol. The van der Waals surface area contributed by atoms with Crippen LogP contribution >= 0.6 is 23.4 Å². The van der Waals surface area contributed by atoms with Gasteiger partial charge in [0.15, 0.2) is 0 Å². The number of H-pyrrole nitrogens is 1. The fourth-order valence-electron chi connectivity index (χ4n) is 5.04. The third-order valence-corrected chi connectivity index (χ3v) is 9.40. The number of likely N-dealkylation sites (N-methyl/N-ethyl adjacent to an activating group) is 1. The van der Waals surface area contributed by atoms with Crippen LogP contribution < -0.4 is 27.4 Å². The fourth-order valence-corrected chi connectivity index (χ4v) is 6.39. The number of nitrogens with zero attached hydrogens (tertiary/aromatic N) is 3. The van der Waals surface area contributed by atoms with Crippen LogP contribution in [0.5, 0.6) is 0 Å². The quantitative estimate of drug-likeness (QED) is 0.0560. The van der Waals surface area contributed by atoms with Gasteiger partial charge in [-0.25, -0.2) is 4.98 Å². The van der Waals surface area contributed by atoms with Crippen molar-refractivity contribution in [1.29, 1.82) is 0 Å². The predicted octanol–water partition coefficient (Wildman–Crippen LogP) is 4.43. The number of aromatic nitrogens is 2. The van der Waals surface area contributed by atoms with E-state index in [0.29, 0.717) is 23.1 Å². The summed E-state index contributed by atoms with van der Waals surface area (Å²) in [4.78, 5) is 40.3. The summed E-state index contributed by atoms with van der Waals surface area (Å²) in [6.45, 7) is 4.23. The third kappa shape index (κ3) is 10.2. The Morgan fingerprint density at radius 3 is 2.60 bits per heavy atom. The van der Waals surface area contributed by atoms with Gasteiger partial charge in [-0.2, -0.15) is 13.2 Å². The second-order valence-electron chi connectivity index (χ2n) is 11.8. The Labute approximate surface area is 297 Å². The zero-order valence-corrected chi connectivity index (χ0v) is 29.4. The number of hydrogen-bond donors (Lipinski definition) is 6. The molecule has 16 heteroatoms. The van der Waals surface area contributed by atoms with Crippen LogP contribution in [0.3, 0.4) is 0 Å². The molecule has 2 amide bonds. The lowest BCUT2D eigenvalue weighted by Crippen LogP contribution is -2.54. The highest BCUT2D eigenvalue weighted by Gasteiger charge is 2.34. The maximum absolute atomic E-state index is 14.0. The number of halogens is 4. The molecule has 50 heavy (non-hydrogen) atoms. The molecule has 4 rings (SSSR count). The highest BCUT2D eigenvalue weighted by molar-refractivity contribution is 7.99. The summed E-state index contributed by atoms with van der Waals surface area (Å²) in [6.07, 6.45) is 0.345. The number of nitrogens with two attached hydrogens (primary N) is 2. The van der Waals surface area contributed by atoms with Crippen LogP contribution in [-0.4, -0.2) is 71.4 Å². The van der Waals surface area contributed by atoms with Crippen molar-refractivity contribution in [3.63, 3.8) is 0 Å². The first-order chi connectivity index (χ1) is 23.8. The van der Waals surface area contributed by atoms with Crippen molar-refractivity contribution < 1.29 is 22.8 Å². The SMILES string of the molecule is CC(C)NC=NCNCc1cccnc1Sc1c(Cl)cc(C(F)(F)F)cc1CNC(=O)C(Cc1c[nH]c2ccccc12)N(C)C(=O)[C@@H](N)CN. The second kappa shape index (κ2) is 17.7. The molecule has 11 nitrogen and oxygen atoms in total. The highest BCUT2D eigenvalue weighted by Crippen LogP contribution is 2.41. The molecule has 0 fully saturated rings. The molecule has 2 atom stereocenters. The maximum Gasteiger partial charge on any atom is 0.416 e. The van der Waals surface area contributed by atoms with Crippen LogP contribution in [0.15, 0.2) is 75.8 Å². The minimum Gasteiger partial charge on any atom is -0.374 e. The molecule has 0 spiro atoms. The molecule has 0 saturated heterocycles. The Kier molecular flexibility index (Phi) is 13.7. The van der Waals surface area contributed by atoms with E-state index in [0.717, 1.165) is 45.9 Å². The number of rotatable bonds is 16. The smallest absolute Gasteiger partial charge is 0.374 e. The first-order valence-corrected chi connectivity index (χ1v) is 17.0. The van der Waals surface area contributed by atoms with E-state index in [1.165, 1.54) is 11.9 Å². The molecule has 8 N–H and O–H groups in total. The monoisotopic (exact) mass is 731 g/mol. The van der Waals surface area contributed by atoms with Crippen LogP contribution in [0, 0.1) is 0 Å². The number of fused-ring (bicyclic) bond motifs is 1. The molecule has 0 aliphatic rings. The minimum absolute atomic E-state index is 0.0994. The van der Waals surface area contributed by atoms with Crippen LogP contribution in [0.4, 0.5) is 13.2 Å². The molecule has 4 aromatic rings. The molecule has 2 aromatic heterocycles. The van der Waals surface area contributed by atoms with Crippen LogP contribution in [0.1, 0.15) is 36.1 Å². The summed E-state index contributed by atoms with van der Waals surface area (Å²) in [5.41, 5.74) is 13.1. The summed E-state index contributed by atoms with van der Waals surface area (Å²) < 4.78 is 41.9. The molecule has 0 aliphatic heterocycles. The van der Waals surface area contributed by atoms with Crippen LogP contribution in [-0.2, 0) is 35.3 Å². The van der Waals surface area contributed by atoms with E-state index in [9.17, 15) is 22.8 Å². The summed E-state index contributed by atoms with van der Waals surface area (Å²) in [6, 6.07) is 11.0. The van der Waals surface area contributed by atoms with E-state index in [4.69, 9.17) is 23.1 Å². The molecule has 1 unspecified atom stereocenters. The Bertz CT molecular complexity index is 1800. The summed E-state index contributed by atoms with van der Waals surface area (Å²) >= 11 is 7.61. The molecule has 0 bridgehead atoms. The largest absolute Gasteiger partial charge is 0.416 e. The number of nitrogens with one attached hydrogen (secondary N) is 4. The Balaban J connectivity index is 1.61. The van der Waals surface area contributed by atoms with Gasteiger partial charge >= 0.3 is 6.18 Å².